The Hall–Kier alpha value is -1.64. The Bertz CT molecular complexity index is 742. The van der Waals surface area contributed by atoms with Gasteiger partial charge in [0.2, 0.25) is 5.91 Å². The lowest BCUT2D eigenvalue weighted by molar-refractivity contribution is -0.125. The van der Waals surface area contributed by atoms with E-state index in [2.05, 4.69) is 36.3 Å². The number of aromatic nitrogens is 2. The summed E-state index contributed by atoms with van der Waals surface area (Å²) in [6, 6.07) is 12.0. The Kier molecular flexibility index (Phi) is 7.49. The zero-order chi connectivity index (χ0) is 19.1. The van der Waals surface area contributed by atoms with Crippen LogP contribution >= 0.6 is 27.7 Å². The van der Waals surface area contributed by atoms with E-state index < -0.39 is 0 Å². The molecule has 3 rings (SSSR count). The molecule has 1 fully saturated rings. The van der Waals surface area contributed by atoms with Crippen molar-refractivity contribution in [2.45, 2.75) is 29.2 Å². The number of nitrogens with zero attached hydrogens (tertiary/aromatic N) is 3. The summed E-state index contributed by atoms with van der Waals surface area (Å²) in [6.45, 7) is 2.15. The zero-order valence-electron chi connectivity index (χ0n) is 15.0. The van der Waals surface area contributed by atoms with E-state index >= 15 is 0 Å². The molecule has 1 unspecified atom stereocenters. The van der Waals surface area contributed by atoms with Crippen molar-refractivity contribution >= 4 is 39.4 Å². The predicted molar refractivity (Wildman–Crippen MR) is 110 cm³/mol. The number of aliphatic hydroxyl groups is 1. The minimum absolute atomic E-state index is 0.0453. The van der Waals surface area contributed by atoms with Crippen LogP contribution in [-0.4, -0.2) is 47.5 Å². The number of hydrogen-bond acceptors (Lipinski definition) is 6. The lowest BCUT2D eigenvalue weighted by Gasteiger charge is -2.32. The summed E-state index contributed by atoms with van der Waals surface area (Å²) in [6.07, 6.45) is 2.42. The second-order valence-electron chi connectivity index (χ2n) is 6.44. The predicted octanol–water partition coefficient (Wildman–Crippen LogP) is 3.11. The Morgan fingerprint density at radius 1 is 1.26 bits per heavy atom. The summed E-state index contributed by atoms with van der Waals surface area (Å²) in [4.78, 5) is 15.5. The highest BCUT2D eigenvalue weighted by Crippen LogP contribution is 2.28. The molecule has 1 aliphatic rings. The fourth-order valence-electron chi connectivity index (χ4n) is 2.99. The van der Waals surface area contributed by atoms with E-state index in [-0.39, 0.29) is 18.4 Å². The van der Waals surface area contributed by atoms with Gasteiger partial charge in [0.05, 0.1) is 5.92 Å². The number of benzene rings is 1. The van der Waals surface area contributed by atoms with E-state index in [9.17, 15) is 4.79 Å². The molecule has 2 heterocycles. The molecule has 144 valence electrons. The van der Waals surface area contributed by atoms with Crippen LogP contribution in [0.4, 0.5) is 5.82 Å². The van der Waals surface area contributed by atoms with E-state index in [4.69, 9.17) is 5.11 Å². The van der Waals surface area contributed by atoms with Crippen molar-refractivity contribution in [3.05, 3.63) is 40.9 Å². The molecule has 1 amide bonds. The summed E-state index contributed by atoms with van der Waals surface area (Å²) in [5, 5.41) is 21.3. The van der Waals surface area contributed by atoms with Crippen molar-refractivity contribution in [3.63, 3.8) is 0 Å². The van der Waals surface area contributed by atoms with Gasteiger partial charge in [-0.3, -0.25) is 4.79 Å². The second-order valence-corrected chi connectivity index (χ2v) is 8.45. The number of amides is 1. The Labute approximate surface area is 171 Å². The number of hydrogen-bond donors (Lipinski definition) is 2. The van der Waals surface area contributed by atoms with Gasteiger partial charge in [0.1, 0.15) is 5.03 Å². The molecule has 6 nitrogen and oxygen atoms in total. The molecule has 2 N–H and O–H groups in total. The standard InChI is InChI=1S/C19H23BrN4O2S/c20-15-4-6-16(7-5-15)27-18-9-8-17(22-23-18)24-11-1-3-14(13-24)19(26)21-10-2-12-25/h4-9,14,25H,1-3,10-13H2,(H,21,26). The Morgan fingerprint density at radius 2 is 2.07 bits per heavy atom. The summed E-state index contributed by atoms with van der Waals surface area (Å²) < 4.78 is 1.05. The lowest BCUT2D eigenvalue weighted by Crippen LogP contribution is -2.43. The summed E-state index contributed by atoms with van der Waals surface area (Å²) in [5.74, 6) is 0.822. The molecule has 1 aromatic carbocycles. The number of rotatable bonds is 7. The molecular formula is C19H23BrN4O2S. The van der Waals surface area contributed by atoms with Gasteiger partial charge in [-0.15, -0.1) is 10.2 Å². The summed E-state index contributed by atoms with van der Waals surface area (Å²) >= 11 is 5.01. The molecule has 1 aliphatic heterocycles. The molecule has 1 aromatic heterocycles. The van der Waals surface area contributed by atoms with Crippen LogP contribution in [0.25, 0.3) is 0 Å². The van der Waals surface area contributed by atoms with Crippen LogP contribution in [0.15, 0.2) is 50.8 Å². The molecule has 27 heavy (non-hydrogen) atoms. The first-order valence-electron chi connectivity index (χ1n) is 9.06. The minimum Gasteiger partial charge on any atom is -0.396 e. The van der Waals surface area contributed by atoms with Gasteiger partial charge >= 0.3 is 0 Å². The van der Waals surface area contributed by atoms with Crippen LogP contribution in [0.2, 0.25) is 0 Å². The summed E-state index contributed by atoms with van der Waals surface area (Å²) in [5.41, 5.74) is 0. The molecular weight excluding hydrogens is 428 g/mol. The Morgan fingerprint density at radius 3 is 2.78 bits per heavy atom. The summed E-state index contributed by atoms with van der Waals surface area (Å²) in [7, 11) is 0. The number of halogens is 1. The topological polar surface area (TPSA) is 78.4 Å². The average Bonchev–Trinajstić information content (AvgIpc) is 2.70. The monoisotopic (exact) mass is 450 g/mol. The molecule has 0 saturated carbocycles. The number of anilines is 1. The average molecular weight is 451 g/mol. The number of piperidine rings is 1. The molecule has 0 spiro atoms. The third-order valence-corrected chi connectivity index (χ3v) is 5.88. The highest BCUT2D eigenvalue weighted by atomic mass is 79.9. The molecule has 0 aliphatic carbocycles. The highest BCUT2D eigenvalue weighted by molar-refractivity contribution is 9.10. The van der Waals surface area contributed by atoms with Crippen molar-refractivity contribution in [1.82, 2.24) is 15.5 Å². The second kappa shape index (κ2) is 10.1. The smallest absolute Gasteiger partial charge is 0.224 e. The maximum atomic E-state index is 12.3. The minimum atomic E-state index is -0.0453. The van der Waals surface area contributed by atoms with Crippen LogP contribution in [0.3, 0.4) is 0 Å². The van der Waals surface area contributed by atoms with Crippen LogP contribution in [0.5, 0.6) is 0 Å². The van der Waals surface area contributed by atoms with E-state index in [0.717, 1.165) is 39.6 Å². The maximum Gasteiger partial charge on any atom is 0.224 e. The largest absolute Gasteiger partial charge is 0.396 e. The van der Waals surface area contributed by atoms with Crippen molar-refractivity contribution in [2.75, 3.05) is 31.1 Å². The number of carbonyl (C=O) groups excluding carboxylic acids is 1. The van der Waals surface area contributed by atoms with E-state index in [1.165, 1.54) is 0 Å². The van der Waals surface area contributed by atoms with Crippen LogP contribution in [0, 0.1) is 5.92 Å². The van der Waals surface area contributed by atoms with Crippen LogP contribution in [0.1, 0.15) is 19.3 Å². The zero-order valence-corrected chi connectivity index (χ0v) is 17.4. The lowest BCUT2D eigenvalue weighted by atomic mass is 9.97. The first-order valence-corrected chi connectivity index (χ1v) is 10.7. The van der Waals surface area contributed by atoms with Gasteiger partial charge in [0.25, 0.3) is 0 Å². The number of aliphatic hydroxyl groups excluding tert-OH is 1. The molecule has 1 atom stereocenters. The van der Waals surface area contributed by atoms with Gasteiger partial charge < -0.3 is 15.3 Å². The maximum absolute atomic E-state index is 12.3. The molecule has 0 radical (unpaired) electrons. The van der Waals surface area contributed by atoms with Crippen molar-refractivity contribution in [3.8, 4) is 0 Å². The third-order valence-electron chi connectivity index (χ3n) is 4.41. The third kappa shape index (κ3) is 5.92. The number of nitrogens with one attached hydrogen (secondary N) is 1. The van der Waals surface area contributed by atoms with Crippen molar-refractivity contribution in [2.24, 2.45) is 5.92 Å². The first kappa shape index (κ1) is 20.1. The van der Waals surface area contributed by atoms with E-state index in [1.807, 2.05) is 36.4 Å². The molecule has 2 aromatic rings. The highest BCUT2D eigenvalue weighted by Gasteiger charge is 2.26. The van der Waals surface area contributed by atoms with E-state index in [1.54, 1.807) is 11.8 Å². The SMILES string of the molecule is O=C(NCCCO)C1CCCN(c2ccc(Sc3ccc(Br)cc3)nn2)C1. The molecule has 8 heteroatoms. The van der Waals surface area contributed by atoms with Crippen molar-refractivity contribution in [1.29, 1.82) is 0 Å². The van der Waals surface area contributed by atoms with Crippen LogP contribution < -0.4 is 10.2 Å². The fraction of sp³-hybridized carbons (Fsp3) is 0.421. The van der Waals surface area contributed by atoms with Gasteiger partial charge in [-0.25, -0.2) is 0 Å². The fourth-order valence-corrected chi connectivity index (χ4v) is 3.99. The van der Waals surface area contributed by atoms with Crippen molar-refractivity contribution < 1.29 is 9.90 Å². The van der Waals surface area contributed by atoms with Gasteiger partial charge in [-0.1, -0.05) is 27.7 Å². The molecule has 0 bridgehead atoms. The van der Waals surface area contributed by atoms with Gasteiger partial charge in [-0.2, -0.15) is 0 Å². The normalized spacial score (nSPS) is 17.0. The van der Waals surface area contributed by atoms with E-state index in [0.29, 0.717) is 19.5 Å². The van der Waals surface area contributed by atoms with Gasteiger partial charge in [0.15, 0.2) is 5.82 Å². The number of carbonyl (C=O) groups is 1. The van der Waals surface area contributed by atoms with Crippen LogP contribution in [-0.2, 0) is 4.79 Å². The Balaban J connectivity index is 1.57. The van der Waals surface area contributed by atoms with Gasteiger partial charge in [0, 0.05) is 35.6 Å². The quantitative estimate of drug-likeness (QED) is 0.630. The first-order chi connectivity index (χ1) is 13.2. The van der Waals surface area contributed by atoms with Gasteiger partial charge in [-0.05, 0) is 55.7 Å². The molecule has 1 saturated heterocycles.